The number of aromatic amines is 1. The van der Waals surface area contributed by atoms with Gasteiger partial charge in [-0.2, -0.15) is 0 Å². The SMILES string of the molecule is CC(C)(O)[C@@H]1CCN(C(=O)c2cc[nH]c2)C1. The van der Waals surface area contributed by atoms with Gasteiger partial charge in [-0.05, 0) is 26.3 Å². The van der Waals surface area contributed by atoms with E-state index in [9.17, 15) is 9.90 Å². The van der Waals surface area contributed by atoms with Crippen molar-refractivity contribution in [1.29, 1.82) is 0 Å². The first kappa shape index (κ1) is 11.2. The van der Waals surface area contributed by atoms with E-state index < -0.39 is 5.60 Å². The number of nitrogens with zero attached hydrogens (tertiary/aromatic N) is 1. The number of rotatable bonds is 2. The number of H-pyrrole nitrogens is 1. The van der Waals surface area contributed by atoms with Crippen molar-refractivity contribution >= 4 is 5.91 Å². The molecule has 1 fully saturated rings. The Labute approximate surface area is 95.3 Å². The third-order valence-electron chi connectivity index (χ3n) is 3.32. The van der Waals surface area contributed by atoms with Crippen LogP contribution in [0.5, 0.6) is 0 Å². The molecule has 0 spiro atoms. The van der Waals surface area contributed by atoms with E-state index in [0.717, 1.165) is 13.0 Å². The third-order valence-corrected chi connectivity index (χ3v) is 3.32. The molecule has 1 saturated heterocycles. The molecule has 0 radical (unpaired) electrons. The van der Waals surface area contributed by atoms with Gasteiger partial charge in [-0.25, -0.2) is 0 Å². The van der Waals surface area contributed by atoms with Gasteiger partial charge in [0.1, 0.15) is 0 Å². The van der Waals surface area contributed by atoms with Gasteiger partial charge in [0.15, 0.2) is 0 Å². The predicted molar refractivity (Wildman–Crippen MR) is 61.1 cm³/mol. The monoisotopic (exact) mass is 222 g/mol. The van der Waals surface area contributed by atoms with Gasteiger partial charge in [0.05, 0.1) is 11.2 Å². The molecule has 1 amide bonds. The van der Waals surface area contributed by atoms with Gasteiger partial charge in [0, 0.05) is 31.4 Å². The minimum absolute atomic E-state index is 0.0491. The van der Waals surface area contributed by atoms with Crippen LogP contribution in [0.1, 0.15) is 30.6 Å². The Balaban J connectivity index is 2.02. The summed E-state index contributed by atoms with van der Waals surface area (Å²) < 4.78 is 0. The van der Waals surface area contributed by atoms with Crippen LogP contribution in [0.3, 0.4) is 0 Å². The number of carbonyl (C=O) groups is 1. The second-order valence-corrected chi connectivity index (χ2v) is 4.99. The van der Waals surface area contributed by atoms with Crippen molar-refractivity contribution in [3.63, 3.8) is 0 Å². The molecule has 16 heavy (non-hydrogen) atoms. The highest BCUT2D eigenvalue weighted by Crippen LogP contribution is 2.27. The molecule has 88 valence electrons. The number of hydrogen-bond donors (Lipinski definition) is 2. The Morgan fingerprint density at radius 1 is 1.62 bits per heavy atom. The standard InChI is InChI=1S/C12H18N2O2/c1-12(2,16)10-4-6-14(8-10)11(15)9-3-5-13-7-9/h3,5,7,10,13,16H,4,6,8H2,1-2H3/t10-/m1/s1. The van der Waals surface area contributed by atoms with Crippen molar-refractivity contribution in [2.24, 2.45) is 5.92 Å². The van der Waals surface area contributed by atoms with E-state index in [0.29, 0.717) is 12.1 Å². The Hall–Kier alpha value is -1.29. The number of hydrogen-bond acceptors (Lipinski definition) is 2. The van der Waals surface area contributed by atoms with E-state index in [1.54, 1.807) is 18.5 Å². The van der Waals surface area contributed by atoms with E-state index >= 15 is 0 Å². The van der Waals surface area contributed by atoms with Crippen LogP contribution in [0.15, 0.2) is 18.5 Å². The first-order valence-corrected chi connectivity index (χ1v) is 5.63. The summed E-state index contributed by atoms with van der Waals surface area (Å²) in [6, 6.07) is 1.78. The quantitative estimate of drug-likeness (QED) is 0.791. The number of likely N-dealkylation sites (tertiary alicyclic amines) is 1. The highest BCUT2D eigenvalue weighted by atomic mass is 16.3. The Morgan fingerprint density at radius 2 is 2.38 bits per heavy atom. The lowest BCUT2D eigenvalue weighted by Gasteiger charge is -2.25. The molecule has 4 nitrogen and oxygen atoms in total. The minimum Gasteiger partial charge on any atom is -0.390 e. The highest BCUT2D eigenvalue weighted by Gasteiger charge is 2.35. The van der Waals surface area contributed by atoms with Gasteiger partial charge in [-0.1, -0.05) is 0 Å². The van der Waals surface area contributed by atoms with Crippen LogP contribution in [0.2, 0.25) is 0 Å². The lowest BCUT2D eigenvalue weighted by Crippen LogP contribution is -2.35. The lowest BCUT2D eigenvalue weighted by molar-refractivity contribution is 0.0211. The summed E-state index contributed by atoms with van der Waals surface area (Å²) in [4.78, 5) is 16.7. The zero-order valence-corrected chi connectivity index (χ0v) is 9.73. The van der Waals surface area contributed by atoms with Crippen molar-refractivity contribution in [3.8, 4) is 0 Å². The van der Waals surface area contributed by atoms with E-state index in [1.165, 1.54) is 0 Å². The van der Waals surface area contributed by atoms with Crippen LogP contribution >= 0.6 is 0 Å². The molecule has 1 aromatic heterocycles. The molecule has 0 aromatic carbocycles. The van der Waals surface area contributed by atoms with Gasteiger partial charge in [-0.15, -0.1) is 0 Å². The highest BCUT2D eigenvalue weighted by molar-refractivity contribution is 5.94. The van der Waals surface area contributed by atoms with Crippen LogP contribution in [0.25, 0.3) is 0 Å². The summed E-state index contributed by atoms with van der Waals surface area (Å²) in [5, 5.41) is 9.90. The fourth-order valence-electron chi connectivity index (χ4n) is 2.16. The molecule has 1 aliphatic heterocycles. The molecule has 1 aromatic rings. The zero-order valence-electron chi connectivity index (χ0n) is 9.73. The number of nitrogens with one attached hydrogen (secondary N) is 1. The maximum atomic E-state index is 12.0. The molecule has 2 rings (SSSR count). The predicted octanol–water partition coefficient (Wildman–Crippen LogP) is 1.25. The molecule has 0 bridgehead atoms. The summed E-state index contributed by atoms with van der Waals surface area (Å²) >= 11 is 0. The van der Waals surface area contributed by atoms with E-state index in [4.69, 9.17) is 0 Å². The molecule has 0 aliphatic carbocycles. The maximum absolute atomic E-state index is 12.0. The van der Waals surface area contributed by atoms with Crippen molar-refractivity contribution in [1.82, 2.24) is 9.88 Å². The number of aliphatic hydroxyl groups is 1. The molecule has 4 heteroatoms. The second kappa shape index (κ2) is 3.94. The lowest BCUT2D eigenvalue weighted by atomic mass is 9.90. The van der Waals surface area contributed by atoms with Crippen LogP contribution < -0.4 is 0 Å². The average molecular weight is 222 g/mol. The summed E-state index contributed by atoms with van der Waals surface area (Å²) in [6.07, 6.45) is 4.33. The number of aromatic nitrogens is 1. The fraction of sp³-hybridized carbons (Fsp3) is 0.583. The largest absolute Gasteiger partial charge is 0.390 e. The van der Waals surface area contributed by atoms with E-state index in [-0.39, 0.29) is 11.8 Å². The molecular formula is C12H18N2O2. The Morgan fingerprint density at radius 3 is 2.88 bits per heavy atom. The summed E-state index contributed by atoms with van der Waals surface area (Å²) in [7, 11) is 0. The fourth-order valence-corrected chi connectivity index (χ4v) is 2.16. The molecule has 1 aliphatic rings. The molecule has 1 atom stereocenters. The summed E-state index contributed by atoms with van der Waals surface area (Å²) in [5.41, 5.74) is -0.0101. The average Bonchev–Trinajstić information content (AvgIpc) is 2.87. The first-order valence-electron chi connectivity index (χ1n) is 5.63. The normalized spacial score (nSPS) is 21.4. The molecule has 2 N–H and O–H groups in total. The molecular weight excluding hydrogens is 204 g/mol. The summed E-state index contributed by atoms with van der Waals surface area (Å²) in [5.74, 6) is 0.225. The van der Waals surface area contributed by atoms with Crippen molar-refractivity contribution in [3.05, 3.63) is 24.0 Å². The molecule has 2 heterocycles. The van der Waals surface area contributed by atoms with E-state index in [2.05, 4.69) is 4.98 Å². The number of amides is 1. The molecule has 0 saturated carbocycles. The van der Waals surface area contributed by atoms with Gasteiger partial charge in [0.2, 0.25) is 0 Å². The molecule has 0 unspecified atom stereocenters. The van der Waals surface area contributed by atoms with Gasteiger partial charge in [-0.3, -0.25) is 4.79 Å². The third kappa shape index (κ3) is 2.11. The topological polar surface area (TPSA) is 56.3 Å². The zero-order chi connectivity index (χ0) is 11.8. The second-order valence-electron chi connectivity index (χ2n) is 4.99. The van der Waals surface area contributed by atoms with Gasteiger partial charge in [0.25, 0.3) is 5.91 Å². The minimum atomic E-state index is -0.701. The Kier molecular flexibility index (Phi) is 2.76. The van der Waals surface area contributed by atoms with Gasteiger partial charge < -0.3 is 15.0 Å². The van der Waals surface area contributed by atoms with Crippen molar-refractivity contribution in [2.75, 3.05) is 13.1 Å². The Bertz CT molecular complexity index is 365. The van der Waals surface area contributed by atoms with Crippen LogP contribution in [0.4, 0.5) is 0 Å². The van der Waals surface area contributed by atoms with Crippen LogP contribution in [-0.2, 0) is 0 Å². The van der Waals surface area contributed by atoms with Crippen molar-refractivity contribution in [2.45, 2.75) is 25.9 Å². The first-order chi connectivity index (χ1) is 7.48. The van der Waals surface area contributed by atoms with Crippen molar-refractivity contribution < 1.29 is 9.90 Å². The maximum Gasteiger partial charge on any atom is 0.255 e. The van der Waals surface area contributed by atoms with E-state index in [1.807, 2.05) is 18.7 Å². The van der Waals surface area contributed by atoms with Crippen LogP contribution in [-0.4, -0.2) is 39.6 Å². The summed E-state index contributed by atoms with van der Waals surface area (Å²) in [6.45, 7) is 5.00. The number of carbonyl (C=O) groups excluding carboxylic acids is 1. The smallest absolute Gasteiger partial charge is 0.255 e. The van der Waals surface area contributed by atoms with Crippen LogP contribution in [0, 0.1) is 5.92 Å². The van der Waals surface area contributed by atoms with Gasteiger partial charge >= 0.3 is 0 Å².